The second-order valence-corrected chi connectivity index (χ2v) is 10.3. The number of benzene rings is 1. The molecule has 200 valence electrons. The van der Waals surface area contributed by atoms with Crippen LogP contribution >= 0.6 is 12.6 Å². The molecule has 0 heterocycles. The summed E-state index contributed by atoms with van der Waals surface area (Å²) in [7, 11) is 0. The SMILES string of the molecule is C#Cc1ccccc1C(C(=O)NC(C)CCC)N(CCCCC)C(=O)C(CS)NC(=O)OC(C)(C)C. The van der Waals surface area contributed by atoms with E-state index in [0.717, 1.165) is 25.7 Å². The highest BCUT2D eigenvalue weighted by Gasteiger charge is 2.36. The van der Waals surface area contributed by atoms with Gasteiger partial charge in [-0.2, -0.15) is 12.6 Å². The normalized spacial score (nSPS) is 13.6. The van der Waals surface area contributed by atoms with Crippen molar-refractivity contribution in [3.8, 4) is 12.3 Å². The molecule has 2 N–H and O–H groups in total. The average molecular weight is 518 g/mol. The highest BCUT2D eigenvalue weighted by atomic mass is 32.1. The van der Waals surface area contributed by atoms with Crippen LogP contribution < -0.4 is 10.6 Å². The second kappa shape index (κ2) is 15.5. The van der Waals surface area contributed by atoms with Crippen LogP contribution in [0.2, 0.25) is 0 Å². The maximum absolute atomic E-state index is 13.9. The van der Waals surface area contributed by atoms with Gasteiger partial charge in [0.1, 0.15) is 17.7 Å². The Hall–Kier alpha value is -2.66. The van der Waals surface area contributed by atoms with E-state index in [9.17, 15) is 14.4 Å². The molecule has 0 bridgehead atoms. The molecule has 1 aromatic carbocycles. The van der Waals surface area contributed by atoms with Crippen molar-refractivity contribution in [1.82, 2.24) is 15.5 Å². The smallest absolute Gasteiger partial charge is 0.408 e. The summed E-state index contributed by atoms with van der Waals surface area (Å²) in [5.41, 5.74) is 0.386. The summed E-state index contributed by atoms with van der Waals surface area (Å²) in [6.07, 6.45) is 9.29. The Labute approximate surface area is 222 Å². The molecule has 0 aliphatic carbocycles. The van der Waals surface area contributed by atoms with Crippen molar-refractivity contribution < 1.29 is 19.1 Å². The number of unbranched alkanes of at least 4 members (excludes halogenated alkanes) is 2. The molecule has 0 aliphatic rings. The minimum Gasteiger partial charge on any atom is -0.444 e. The highest BCUT2D eigenvalue weighted by molar-refractivity contribution is 7.80. The van der Waals surface area contributed by atoms with E-state index in [-0.39, 0.29) is 17.7 Å². The molecule has 0 saturated carbocycles. The van der Waals surface area contributed by atoms with Gasteiger partial charge in [0.05, 0.1) is 0 Å². The molecule has 0 fully saturated rings. The molecule has 0 aliphatic heterocycles. The van der Waals surface area contributed by atoms with E-state index in [0.29, 0.717) is 24.1 Å². The minimum atomic E-state index is -0.980. The van der Waals surface area contributed by atoms with Gasteiger partial charge in [-0.3, -0.25) is 9.59 Å². The number of carbonyl (C=O) groups is 3. The zero-order valence-electron chi connectivity index (χ0n) is 22.6. The third-order valence-electron chi connectivity index (χ3n) is 5.54. The highest BCUT2D eigenvalue weighted by Crippen LogP contribution is 2.27. The van der Waals surface area contributed by atoms with Crippen molar-refractivity contribution >= 4 is 30.5 Å². The number of carbonyl (C=O) groups excluding carboxylic acids is 3. The van der Waals surface area contributed by atoms with E-state index in [1.165, 1.54) is 4.90 Å². The monoisotopic (exact) mass is 517 g/mol. The van der Waals surface area contributed by atoms with Gasteiger partial charge in [0.15, 0.2) is 0 Å². The van der Waals surface area contributed by atoms with Gasteiger partial charge in [0.2, 0.25) is 11.8 Å². The summed E-state index contributed by atoms with van der Waals surface area (Å²) in [5, 5.41) is 5.68. The van der Waals surface area contributed by atoms with Crippen LogP contribution in [0.3, 0.4) is 0 Å². The number of ether oxygens (including phenoxy) is 1. The Morgan fingerprint density at radius 3 is 2.33 bits per heavy atom. The number of alkyl carbamates (subject to hydrolysis) is 1. The Morgan fingerprint density at radius 2 is 1.78 bits per heavy atom. The van der Waals surface area contributed by atoms with Crippen molar-refractivity contribution in [3.05, 3.63) is 35.4 Å². The third kappa shape index (κ3) is 10.1. The van der Waals surface area contributed by atoms with Gasteiger partial charge in [0.25, 0.3) is 0 Å². The van der Waals surface area contributed by atoms with Crippen LogP contribution in [0.15, 0.2) is 24.3 Å². The molecular weight excluding hydrogens is 474 g/mol. The number of hydrogen-bond donors (Lipinski definition) is 3. The second-order valence-electron chi connectivity index (χ2n) is 9.95. The molecule has 0 saturated heterocycles. The van der Waals surface area contributed by atoms with Gasteiger partial charge in [-0.25, -0.2) is 4.79 Å². The molecule has 3 atom stereocenters. The van der Waals surface area contributed by atoms with Gasteiger partial charge in [-0.05, 0) is 52.2 Å². The summed E-state index contributed by atoms with van der Waals surface area (Å²) >= 11 is 4.32. The summed E-state index contributed by atoms with van der Waals surface area (Å²) in [6.45, 7) is 11.6. The molecule has 0 spiro atoms. The van der Waals surface area contributed by atoms with Crippen molar-refractivity contribution in [2.24, 2.45) is 0 Å². The van der Waals surface area contributed by atoms with Gasteiger partial charge in [-0.15, -0.1) is 6.42 Å². The lowest BCUT2D eigenvalue weighted by Crippen LogP contribution is -2.54. The molecule has 1 rings (SSSR count). The lowest BCUT2D eigenvalue weighted by atomic mass is 9.97. The van der Waals surface area contributed by atoms with E-state index >= 15 is 0 Å². The lowest BCUT2D eigenvalue weighted by molar-refractivity contribution is -0.142. The number of nitrogens with zero attached hydrogens (tertiary/aromatic N) is 1. The molecule has 0 aromatic heterocycles. The van der Waals surface area contributed by atoms with Crippen LogP contribution in [0.25, 0.3) is 0 Å². The van der Waals surface area contributed by atoms with Gasteiger partial charge in [0, 0.05) is 23.9 Å². The fourth-order valence-electron chi connectivity index (χ4n) is 3.88. The van der Waals surface area contributed by atoms with Crippen molar-refractivity contribution in [2.75, 3.05) is 12.3 Å². The molecule has 1 aromatic rings. The first-order valence-corrected chi connectivity index (χ1v) is 13.4. The molecule has 8 heteroatoms. The van der Waals surface area contributed by atoms with Crippen LogP contribution in [0.4, 0.5) is 4.79 Å². The van der Waals surface area contributed by atoms with Crippen LogP contribution in [0.5, 0.6) is 0 Å². The first-order valence-electron chi connectivity index (χ1n) is 12.8. The van der Waals surface area contributed by atoms with E-state index in [4.69, 9.17) is 11.2 Å². The first-order chi connectivity index (χ1) is 17.0. The number of rotatable bonds is 13. The maximum Gasteiger partial charge on any atom is 0.408 e. The fourth-order valence-corrected chi connectivity index (χ4v) is 4.13. The predicted octanol–water partition coefficient (Wildman–Crippen LogP) is 4.86. The Morgan fingerprint density at radius 1 is 1.11 bits per heavy atom. The van der Waals surface area contributed by atoms with Crippen molar-refractivity contribution in [3.63, 3.8) is 0 Å². The molecule has 0 radical (unpaired) electrons. The topological polar surface area (TPSA) is 87.7 Å². The van der Waals surface area contributed by atoms with Crippen molar-refractivity contribution in [2.45, 2.75) is 97.4 Å². The quantitative estimate of drug-likeness (QED) is 0.198. The van der Waals surface area contributed by atoms with Crippen LogP contribution in [0, 0.1) is 12.3 Å². The number of hydrogen-bond acceptors (Lipinski definition) is 5. The van der Waals surface area contributed by atoms with Crippen LogP contribution in [-0.4, -0.2) is 52.8 Å². The number of thiol groups is 1. The van der Waals surface area contributed by atoms with Crippen molar-refractivity contribution in [1.29, 1.82) is 0 Å². The lowest BCUT2D eigenvalue weighted by Gasteiger charge is -2.35. The molecule has 36 heavy (non-hydrogen) atoms. The van der Waals surface area contributed by atoms with E-state index in [1.807, 2.05) is 13.8 Å². The standard InChI is InChI=1S/C28H43N3O4S/c1-8-11-14-18-31(26(33)23(19-36)30-27(34)35-28(5,6)7)24(25(32)29-20(4)15-9-2)22-17-13-12-16-21(22)10-3/h3,12-13,16-17,20,23-24,36H,8-9,11,14-15,18-19H2,1-2,4-7H3,(H,29,32)(H,30,34). The average Bonchev–Trinajstić information content (AvgIpc) is 2.80. The summed E-state index contributed by atoms with van der Waals surface area (Å²) in [4.78, 5) is 41.6. The summed E-state index contributed by atoms with van der Waals surface area (Å²) in [5.74, 6) is 1.97. The largest absolute Gasteiger partial charge is 0.444 e. The summed E-state index contributed by atoms with van der Waals surface area (Å²) in [6, 6.07) is 5.13. The Kier molecular flexibility index (Phi) is 13.5. The Balaban J connectivity index is 3.48. The first kappa shape index (κ1) is 31.4. The van der Waals surface area contributed by atoms with Gasteiger partial charge in [-0.1, -0.05) is 57.2 Å². The Bertz CT molecular complexity index is 907. The number of terminal acetylenes is 1. The van der Waals surface area contributed by atoms with Gasteiger partial charge < -0.3 is 20.3 Å². The van der Waals surface area contributed by atoms with E-state index < -0.39 is 29.7 Å². The predicted molar refractivity (Wildman–Crippen MR) is 148 cm³/mol. The molecular formula is C28H43N3O4S. The minimum absolute atomic E-state index is 0.0414. The maximum atomic E-state index is 13.9. The molecule has 3 amide bonds. The zero-order chi connectivity index (χ0) is 27.3. The number of amides is 3. The third-order valence-corrected chi connectivity index (χ3v) is 5.90. The number of nitrogens with one attached hydrogen (secondary N) is 2. The molecule has 3 unspecified atom stereocenters. The molecule has 7 nitrogen and oxygen atoms in total. The van der Waals surface area contributed by atoms with Gasteiger partial charge >= 0.3 is 6.09 Å². The fraction of sp³-hybridized carbons (Fsp3) is 0.607. The van der Waals surface area contributed by atoms with Crippen LogP contribution in [0.1, 0.15) is 90.8 Å². The summed E-state index contributed by atoms with van der Waals surface area (Å²) < 4.78 is 5.35. The van der Waals surface area contributed by atoms with E-state index in [1.54, 1.807) is 45.0 Å². The van der Waals surface area contributed by atoms with Crippen LogP contribution in [-0.2, 0) is 14.3 Å². The zero-order valence-corrected chi connectivity index (χ0v) is 23.5. The van der Waals surface area contributed by atoms with E-state index in [2.05, 4.69) is 36.1 Å².